The quantitative estimate of drug-likeness (QED) is 0.291. The van der Waals surface area contributed by atoms with Crippen LogP contribution in [0.25, 0.3) is 22.3 Å². The number of H-pyrrole nitrogens is 1. The number of carbonyl (C=O) groups is 1. The molecule has 0 bridgehead atoms. The number of rotatable bonds is 8. The van der Waals surface area contributed by atoms with Crippen LogP contribution in [0.2, 0.25) is 0 Å². The molecule has 8 nitrogen and oxygen atoms in total. The van der Waals surface area contributed by atoms with Gasteiger partial charge in [-0.1, -0.05) is 31.7 Å². The smallest absolute Gasteiger partial charge is 0.336 e. The molecule has 0 saturated carbocycles. The fraction of sp³-hybridized carbons (Fsp3) is 0.231. The molecule has 4 aromatic rings. The Kier molecular flexibility index (Phi) is 6.43. The molecule has 0 saturated heterocycles. The van der Waals surface area contributed by atoms with Gasteiger partial charge >= 0.3 is 5.95 Å². The van der Waals surface area contributed by atoms with Gasteiger partial charge in [0.15, 0.2) is 5.65 Å². The molecule has 0 aliphatic heterocycles. The van der Waals surface area contributed by atoms with Gasteiger partial charge < -0.3 is 10.2 Å². The number of hydrogen-bond acceptors (Lipinski definition) is 5. The summed E-state index contributed by atoms with van der Waals surface area (Å²) in [6, 6.07) is 16.0. The summed E-state index contributed by atoms with van der Waals surface area (Å²) in [5, 5.41) is 10.8. The summed E-state index contributed by atoms with van der Waals surface area (Å²) in [6.07, 6.45) is 4.05. The standard InChI is InChI=1S/C26H29N7O/c1-6-14-32(3)20-12-9-13-21(16-20)33(4,5)26-29-24(22-17-27-31-25(22)30-26)18-10-8-11-19(15-18)28-23(34)7-2/h7-13,15-17H,2,6,14H2,1,3-5H3,(H-,27,28,29,30,31,34)/p+1. The molecule has 0 spiro atoms. The molecule has 2 heterocycles. The van der Waals surface area contributed by atoms with E-state index in [1.54, 1.807) is 6.20 Å². The number of quaternary nitrogens is 1. The highest BCUT2D eigenvalue weighted by Gasteiger charge is 2.29. The molecule has 0 aliphatic rings. The van der Waals surface area contributed by atoms with Crippen LogP contribution >= 0.6 is 0 Å². The van der Waals surface area contributed by atoms with Crippen molar-refractivity contribution in [3.8, 4) is 11.3 Å². The summed E-state index contributed by atoms with van der Waals surface area (Å²) >= 11 is 0. The van der Waals surface area contributed by atoms with E-state index >= 15 is 0 Å². The Bertz CT molecular complexity index is 1340. The van der Waals surface area contributed by atoms with Crippen LogP contribution in [0.4, 0.5) is 23.0 Å². The van der Waals surface area contributed by atoms with Crippen LogP contribution in [0, 0.1) is 0 Å². The summed E-state index contributed by atoms with van der Waals surface area (Å²) in [4.78, 5) is 23.8. The van der Waals surface area contributed by atoms with Gasteiger partial charge in [0.05, 0.1) is 31.4 Å². The van der Waals surface area contributed by atoms with Gasteiger partial charge in [-0.25, -0.2) is 4.48 Å². The van der Waals surface area contributed by atoms with Gasteiger partial charge in [-0.15, -0.1) is 0 Å². The van der Waals surface area contributed by atoms with Crippen LogP contribution in [-0.2, 0) is 4.79 Å². The zero-order valence-electron chi connectivity index (χ0n) is 20.0. The van der Waals surface area contributed by atoms with E-state index in [1.165, 1.54) is 6.08 Å². The number of nitrogens with one attached hydrogen (secondary N) is 2. The minimum Gasteiger partial charge on any atom is -0.374 e. The van der Waals surface area contributed by atoms with Gasteiger partial charge in [-0.2, -0.15) is 15.1 Å². The first-order valence-corrected chi connectivity index (χ1v) is 11.2. The van der Waals surface area contributed by atoms with Crippen molar-refractivity contribution in [1.82, 2.24) is 24.6 Å². The first kappa shape index (κ1) is 23.1. The van der Waals surface area contributed by atoms with E-state index in [2.05, 4.69) is 79.3 Å². The molecule has 2 aromatic heterocycles. The van der Waals surface area contributed by atoms with Crippen LogP contribution in [0.3, 0.4) is 0 Å². The Morgan fingerprint density at radius 2 is 1.97 bits per heavy atom. The topological polar surface area (TPSA) is 86.8 Å². The fourth-order valence-electron chi connectivity index (χ4n) is 3.89. The van der Waals surface area contributed by atoms with E-state index in [-0.39, 0.29) is 5.91 Å². The van der Waals surface area contributed by atoms with Gasteiger partial charge in [0.2, 0.25) is 5.91 Å². The first-order chi connectivity index (χ1) is 16.3. The van der Waals surface area contributed by atoms with Crippen LogP contribution in [0.1, 0.15) is 13.3 Å². The Labute approximate surface area is 199 Å². The number of carbonyl (C=O) groups excluding carboxylic acids is 1. The molecule has 174 valence electrons. The lowest BCUT2D eigenvalue weighted by Gasteiger charge is -2.28. The summed E-state index contributed by atoms with van der Waals surface area (Å²) in [5.41, 5.74) is 5.14. The Morgan fingerprint density at radius 3 is 2.74 bits per heavy atom. The third kappa shape index (κ3) is 4.53. The molecule has 0 atom stereocenters. The molecule has 4 rings (SSSR count). The van der Waals surface area contributed by atoms with E-state index in [0.717, 1.165) is 41.0 Å². The van der Waals surface area contributed by atoms with E-state index in [1.807, 2.05) is 24.3 Å². The van der Waals surface area contributed by atoms with Crippen molar-refractivity contribution < 1.29 is 4.79 Å². The maximum atomic E-state index is 11.8. The van der Waals surface area contributed by atoms with Crippen LogP contribution in [-0.4, -0.2) is 53.8 Å². The molecule has 1 amide bonds. The highest BCUT2D eigenvalue weighted by atomic mass is 16.1. The first-order valence-electron chi connectivity index (χ1n) is 11.2. The van der Waals surface area contributed by atoms with E-state index in [4.69, 9.17) is 9.97 Å². The molecule has 34 heavy (non-hydrogen) atoms. The molecule has 0 unspecified atom stereocenters. The maximum absolute atomic E-state index is 11.8. The van der Waals surface area contributed by atoms with Gasteiger partial charge in [-0.05, 0) is 36.8 Å². The number of nitrogens with zero attached hydrogens (tertiary/aromatic N) is 5. The maximum Gasteiger partial charge on any atom is 0.336 e. The van der Waals surface area contributed by atoms with Gasteiger partial charge in [0.1, 0.15) is 5.69 Å². The third-order valence-corrected chi connectivity index (χ3v) is 5.86. The van der Waals surface area contributed by atoms with Crippen molar-refractivity contribution in [2.45, 2.75) is 13.3 Å². The van der Waals surface area contributed by atoms with Crippen molar-refractivity contribution >= 4 is 40.0 Å². The van der Waals surface area contributed by atoms with Crippen molar-refractivity contribution in [2.75, 3.05) is 37.9 Å². The summed E-state index contributed by atoms with van der Waals surface area (Å²) in [5.74, 6) is 0.363. The van der Waals surface area contributed by atoms with Crippen LogP contribution < -0.4 is 14.7 Å². The summed E-state index contributed by atoms with van der Waals surface area (Å²) < 4.78 is 0.350. The molecule has 0 fully saturated rings. The third-order valence-electron chi connectivity index (χ3n) is 5.86. The molecule has 2 N–H and O–H groups in total. The zero-order chi connectivity index (χ0) is 24.3. The predicted octanol–water partition coefficient (Wildman–Crippen LogP) is 4.89. The minimum atomic E-state index is -0.264. The second-order valence-corrected chi connectivity index (χ2v) is 8.67. The van der Waals surface area contributed by atoms with Crippen LogP contribution in [0.5, 0.6) is 0 Å². The number of amides is 1. The van der Waals surface area contributed by atoms with Crippen molar-refractivity contribution in [3.63, 3.8) is 0 Å². The molecule has 0 aliphatic carbocycles. The number of fused-ring (bicyclic) bond motifs is 1. The predicted molar refractivity (Wildman–Crippen MR) is 139 cm³/mol. The second kappa shape index (κ2) is 9.44. The molecular formula is C26H30N7O+. The summed E-state index contributed by atoms with van der Waals surface area (Å²) in [7, 11) is 6.24. The molecule has 8 heteroatoms. The molecule has 2 aromatic carbocycles. The lowest BCUT2D eigenvalue weighted by atomic mass is 10.1. The summed E-state index contributed by atoms with van der Waals surface area (Å²) in [6.45, 7) is 6.67. The van der Waals surface area contributed by atoms with E-state index < -0.39 is 0 Å². The number of hydrogen-bond donors (Lipinski definition) is 2. The number of anilines is 2. The van der Waals surface area contributed by atoms with Crippen LogP contribution in [0.15, 0.2) is 67.4 Å². The highest BCUT2D eigenvalue weighted by Crippen LogP contribution is 2.35. The average molecular weight is 457 g/mol. The Balaban J connectivity index is 1.80. The minimum absolute atomic E-state index is 0.264. The Hall–Kier alpha value is -4.04. The van der Waals surface area contributed by atoms with E-state index in [9.17, 15) is 4.79 Å². The van der Waals surface area contributed by atoms with Crippen molar-refractivity contribution in [3.05, 3.63) is 67.4 Å². The van der Waals surface area contributed by atoms with Gasteiger partial charge in [0.25, 0.3) is 0 Å². The van der Waals surface area contributed by atoms with E-state index in [0.29, 0.717) is 21.8 Å². The zero-order valence-corrected chi connectivity index (χ0v) is 20.0. The largest absolute Gasteiger partial charge is 0.374 e. The molecule has 0 radical (unpaired) electrons. The monoisotopic (exact) mass is 456 g/mol. The average Bonchev–Trinajstić information content (AvgIpc) is 3.32. The van der Waals surface area contributed by atoms with Crippen molar-refractivity contribution in [1.29, 1.82) is 0 Å². The second-order valence-electron chi connectivity index (χ2n) is 8.67. The van der Waals surface area contributed by atoms with Gasteiger partial charge in [0, 0.05) is 36.6 Å². The lowest BCUT2D eigenvalue weighted by Crippen LogP contribution is -2.36. The number of benzene rings is 2. The van der Waals surface area contributed by atoms with Gasteiger partial charge in [-0.3, -0.25) is 9.89 Å². The highest BCUT2D eigenvalue weighted by molar-refractivity contribution is 5.99. The SMILES string of the molecule is C=CC(=O)Nc1cccc(-c2nc([N+](C)(C)c3cccc(N(C)CCC)c3)nc3[nH]ncc23)c1. The van der Waals surface area contributed by atoms with Crippen molar-refractivity contribution in [2.24, 2.45) is 0 Å². The number of aromatic nitrogens is 4. The number of aromatic amines is 1. The molecular weight excluding hydrogens is 426 g/mol. The lowest BCUT2D eigenvalue weighted by molar-refractivity contribution is -0.111. The fourth-order valence-corrected chi connectivity index (χ4v) is 3.89. The normalized spacial score (nSPS) is 11.4. The Morgan fingerprint density at radius 1 is 1.18 bits per heavy atom.